The molecule has 7 nitrogen and oxygen atoms in total. The van der Waals surface area contributed by atoms with Crippen LogP contribution in [0.2, 0.25) is 0 Å². The fourth-order valence-corrected chi connectivity index (χ4v) is 3.79. The minimum absolute atomic E-state index is 0.247. The molecule has 0 unspecified atom stereocenters. The predicted molar refractivity (Wildman–Crippen MR) is 118 cm³/mol. The van der Waals surface area contributed by atoms with Crippen LogP contribution in [0.25, 0.3) is 10.9 Å². The van der Waals surface area contributed by atoms with Crippen molar-refractivity contribution >= 4 is 26.9 Å². The van der Waals surface area contributed by atoms with Gasteiger partial charge < -0.3 is 15.6 Å². The second kappa shape index (κ2) is 9.58. The highest BCUT2D eigenvalue weighted by atomic mass is 32.2. The third-order valence-corrected chi connectivity index (χ3v) is 6.06. The number of benzene rings is 2. The third kappa shape index (κ3) is 5.36. The van der Waals surface area contributed by atoms with E-state index in [1.807, 2.05) is 19.1 Å². The van der Waals surface area contributed by atoms with Gasteiger partial charge in [0.15, 0.2) is 5.96 Å². The Morgan fingerprint density at radius 2 is 1.83 bits per heavy atom. The van der Waals surface area contributed by atoms with Crippen LogP contribution < -0.4 is 15.4 Å². The van der Waals surface area contributed by atoms with Crippen LogP contribution in [-0.4, -0.2) is 39.5 Å². The van der Waals surface area contributed by atoms with E-state index in [-0.39, 0.29) is 4.90 Å². The molecule has 4 N–H and O–H groups in total. The summed E-state index contributed by atoms with van der Waals surface area (Å²) in [5, 5.41) is 7.84. The first-order chi connectivity index (χ1) is 14.0. The molecule has 1 heterocycles. The first kappa shape index (κ1) is 20.9. The molecule has 0 radical (unpaired) electrons. The Morgan fingerprint density at radius 3 is 2.55 bits per heavy atom. The Hall–Kier alpha value is -2.84. The van der Waals surface area contributed by atoms with Gasteiger partial charge >= 0.3 is 0 Å². The molecule has 0 aliphatic rings. The largest absolute Gasteiger partial charge is 0.361 e. The van der Waals surface area contributed by atoms with E-state index in [1.54, 1.807) is 24.3 Å². The Balaban J connectivity index is 1.59. The number of hydrogen-bond donors (Lipinski definition) is 4. The van der Waals surface area contributed by atoms with Crippen molar-refractivity contribution in [3.63, 3.8) is 0 Å². The van der Waals surface area contributed by atoms with Crippen LogP contribution >= 0.6 is 0 Å². The van der Waals surface area contributed by atoms with E-state index >= 15 is 0 Å². The van der Waals surface area contributed by atoms with Crippen LogP contribution in [0.15, 0.2) is 64.6 Å². The van der Waals surface area contributed by atoms with Gasteiger partial charge in [-0.25, -0.2) is 18.1 Å². The van der Waals surface area contributed by atoms with E-state index in [4.69, 9.17) is 0 Å². The number of aromatic amines is 1. The van der Waals surface area contributed by atoms with Gasteiger partial charge in [0, 0.05) is 30.2 Å². The number of nitrogens with zero attached hydrogens (tertiary/aromatic N) is 1. The molecule has 2 aromatic carbocycles. The first-order valence-electron chi connectivity index (χ1n) is 9.63. The van der Waals surface area contributed by atoms with E-state index in [9.17, 15) is 8.42 Å². The Labute approximate surface area is 171 Å². The molecule has 3 rings (SSSR count). The molecule has 0 spiro atoms. The molecule has 0 aliphatic heterocycles. The number of guanidine groups is 1. The van der Waals surface area contributed by atoms with Gasteiger partial charge in [0.2, 0.25) is 10.0 Å². The summed E-state index contributed by atoms with van der Waals surface area (Å²) in [7, 11) is -2.02. The lowest BCUT2D eigenvalue weighted by molar-refractivity contribution is 0.588. The van der Waals surface area contributed by atoms with E-state index in [0.717, 1.165) is 36.6 Å². The third-order valence-electron chi connectivity index (χ3n) is 4.63. The van der Waals surface area contributed by atoms with Gasteiger partial charge in [-0.05, 0) is 49.7 Å². The van der Waals surface area contributed by atoms with Crippen molar-refractivity contribution in [1.29, 1.82) is 0 Å². The predicted octanol–water partition coefficient (Wildman–Crippen LogP) is 2.37. The average Bonchev–Trinajstić information content (AvgIpc) is 3.15. The molecule has 8 heteroatoms. The topological polar surface area (TPSA) is 98.4 Å². The molecule has 0 saturated heterocycles. The summed E-state index contributed by atoms with van der Waals surface area (Å²) in [4.78, 5) is 8.14. The molecule has 0 aliphatic carbocycles. The fourth-order valence-electron chi connectivity index (χ4n) is 3.06. The average molecular weight is 414 g/mol. The summed E-state index contributed by atoms with van der Waals surface area (Å²) in [5.41, 5.74) is 3.35. The molecule has 29 heavy (non-hydrogen) atoms. The van der Waals surface area contributed by atoms with Gasteiger partial charge in [-0.3, -0.25) is 0 Å². The highest BCUT2D eigenvalue weighted by molar-refractivity contribution is 7.89. The van der Waals surface area contributed by atoms with Crippen LogP contribution in [0.1, 0.15) is 18.1 Å². The number of fused-ring (bicyclic) bond motifs is 1. The highest BCUT2D eigenvalue weighted by Crippen LogP contribution is 2.17. The summed E-state index contributed by atoms with van der Waals surface area (Å²) >= 11 is 0. The molecule has 0 saturated carbocycles. The zero-order valence-corrected chi connectivity index (χ0v) is 17.5. The Bertz CT molecular complexity index is 1070. The smallest absolute Gasteiger partial charge is 0.240 e. The number of aliphatic imine (C=N–C) groups is 1. The number of para-hydroxylation sites is 1. The van der Waals surface area contributed by atoms with E-state index in [2.05, 4.69) is 43.7 Å². The highest BCUT2D eigenvalue weighted by Gasteiger charge is 2.10. The SMILES string of the molecule is CCNC(=NCc1ccc(S(=O)(=O)NC)cc1)NCCc1c[nH]c2ccccc12. The molecule has 0 amide bonds. The molecule has 0 bridgehead atoms. The zero-order chi connectivity index (χ0) is 20.7. The van der Waals surface area contributed by atoms with E-state index < -0.39 is 10.0 Å². The number of H-pyrrole nitrogens is 1. The van der Waals surface area contributed by atoms with Crippen molar-refractivity contribution in [3.05, 3.63) is 65.9 Å². The quantitative estimate of drug-likeness (QED) is 0.337. The Morgan fingerprint density at radius 1 is 1.07 bits per heavy atom. The van der Waals surface area contributed by atoms with Crippen molar-refractivity contribution in [1.82, 2.24) is 20.3 Å². The normalized spacial score (nSPS) is 12.3. The lowest BCUT2D eigenvalue weighted by atomic mass is 10.1. The summed E-state index contributed by atoms with van der Waals surface area (Å²) < 4.78 is 25.9. The number of hydrogen-bond acceptors (Lipinski definition) is 3. The number of sulfonamides is 1. The monoisotopic (exact) mass is 413 g/mol. The molecule has 0 fully saturated rings. The van der Waals surface area contributed by atoms with Crippen molar-refractivity contribution < 1.29 is 8.42 Å². The molecular weight excluding hydrogens is 386 g/mol. The number of rotatable bonds is 8. The van der Waals surface area contributed by atoms with E-state index in [0.29, 0.717) is 6.54 Å². The number of aromatic nitrogens is 1. The summed E-state index contributed by atoms with van der Waals surface area (Å²) in [6.07, 6.45) is 2.93. The van der Waals surface area contributed by atoms with E-state index in [1.165, 1.54) is 18.0 Å². The van der Waals surface area contributed by atoms with Crippen LogP contribution in [-0.2, 0) is 23.0 Å². The van der Waals surface area contributed by atoms with Crippen LogP contribution in [0.3, 0.4) is 0 Å². The minimum atomic E-state index is -3.42. The summed E-state index contributed by atoms with van der Waals surface area (Å²) in [6.45, 7) is 4.00. The van der Waals surface area contributed by atoms with Gasteiger partial charge in [0.1, 0.15) is 0 Å². The maximum absolute atomic E-state index is 11.8. The van der Waals surface area contributed by atoms with Gasteiger partial charge in [0.05, 0.1) is 11.4 Å². The number of nitrogens with one attached hydrogen (secondary N) is 4. The molecule has 0 atom stereocenters. The van der Waals surface area contributed by atoms with Crippen LogP contribution in [0.4, 0.5) is 0 Å². The van der Waals surface area contributed by atoms with Gasteiger partial charge in [0.25, 0.3) is 0 Å². The van der Waals surface area contributed by atoms with Crippen LogP contribution in [0.5, 0.6) is 0 Å². The maximum atomic E-state index is 11.8. The second-order valence-electron chi connectivity index (χ2n) is 6.58. The van der Waals surface area contributed by atoms with Crippen molar-refractivity contribution in [2.45, 2.75) is 24.8 Å². The first-order valence-corrected chi connectivity index (χ1v) is 11.1. The Kier molecular flexibility index (Phi) is 6.90. The second-order valence-corrected chi connectivity index (χ2v) is 8.47. The summed E-state index contributed by atoms with van der Waals surface area (Å²) in [5.74, 6) is 0.735. The van der Waals surface area contributed by atoms with Gasteiger partial charge in [-0.15, -0.1) is 0 Å². The van der Waals surface area contributed by atoms with Crippen molar-refractivity contribution in [3.8, 4) is 0 Å². The summed E-state index contributed by atoms with van der Waals surface area (Å²) in [6, 6.07) is 15.0. The maximum Gasteiger partial charge on any atom is 0.240 e. The van der Waals surface area contributed by atoms with Crippen molar-refractivity contribution in [2.24, 2.45) is 4.99 Å². The molecular formula is C21H27N5O2S. The fraction of sp³-hybridized carbons (Fsp3) is 0.286. The molecule has 154 valence electrons. The lowest BCUT2D eigenvalue weighted by Crippen LogP contribution is -2.38. The standard InChI is InChI=1S/C21H27N5O2S/c1-3-23-21(24-13-12-17-15-25-20-7-5-4-6-19(17)20)26-14-16-8-10-18(11-9-16)29(27,28)22-2/h4-11,15,22,25H,3,12-14H2,1-2H3,(H2,23,24,26). The zero-order valence-electron chi connectivity index (χ0n) is 16.7. The van der Waals surface area contributed by atoms with Crippen molar-refractivity contribution in [2.75, 3.05) is 20.1 Å². The van der Waals surface area contributed by atoms with Gasteiger partial charge in [-0.2, -0.15) is 0 Å². The minimum Gasteiger partial charge on any atom is -0.361 e. The molecule has 3 aromatic rings. The van der Waals surface area contributed by atoms with Gasteiger partial charge in [-0.1, -0.05) is 30.3 Å². The lowest BCUT2D eigenvalue weighted by Gasteiger charge is -2.11. The van der Waals surface area contributed by atoms with Crippen LogP contribution in [0, 0.1) is 0 Å². The molecule has 1 aromatic heterocycles.